The zero-order valence-corrected chi connectivity index (χ0v) is 21.5. The number of para-hydroxylation sites is 1. The summed E-state index contributed by atoms with van der Waals surface area (Å²) < 4.78 is 8.36. The summed E-state index contributed by atoms with van der Waals surface area (Å²) in [4.78, 5) is 28.7. The lowest BCUT2D eigenvalue weighted by molar-refractivity contribution is -0.132. The van der Waals surface area contributed by atoms with Gasteiger partial charge in [0.2, 0.25) is 11.8 Å². The first-order valence-electron chi connectivity index (χ1n) is 13.0. The van der Waals surface area contributed by atoms with Crippen molar-refractivity contribution >= 4 is 11.8 Å². The number of aryl methyl sites for hydroxylation is 1. The van der Waals surface area contributed by atoms with Crippen LogP contribution in [-0.4, -0.2) is 52.4 Å². The van der Waals surface area contributed by atoms with Crippen LogP contribution in [0.3, 0.4) is 0 Å². The van der Waals surface area contributed by atoms with Crippen LogP contribution in [0.2, 0.25) is 0 Å². The second-order valence-electron chi connectivity index (χ2n) is 10.1. The van der Waals surface area contributed by atoms with Crippen molar-refractivity contribution in [3.8, 4) is 22.7 Å². The van der Waals surface area contributed by atoms with Gasteiger partial charge in [-0.05, 0) is 54.7 Å². The number of fused-ring (bicyclic) bond motifs is 3. The Morgan fingerprint density at radius 3 is 2.42 bits per heavy atom. The van der Waals surface area contributed by atoms with Crippen molar-refractivity contribution in [3.63, 3.8) is 0 Å². The van der Waals surface area contributed by atoms with Crippen LogP contribution in [-0.2, 0) is 22.6 Å². The van der Waals surface area contributed by atoms with Crippen LogP contribution in [0.25, 0.3) is 16.9 Å². The minimum absolute atomic E-state index is 0.0821. The summed E-state index contributed by atoms with van der Waals surface area (Å²) in [5.41, 5.74) is 6.92. The zero-order chi connectivity index (χ0) is 25.2. The van der Waals surface area contributed by atoms with Crippen LogP contribution >= 0.6 is 0 Å². The van der Waals surface area contributed by atoms with Crippen molar-refractivity contribution < 1.29 is 14.3 Å². The number of rotatable bonds is 5. The summed E-state index contributed by atoms with van der Waals surface area (Å²) in [6, 6.07) is 19.1. The molecule has 0 bridgehead atoms. The fourth-order valence-electron chi connectivity index (χ4n) is 5.33. The normalized spacial score (nSPS) is 15.2. The summed E-state index contributed by atoms with van der Waals surface area (Å²) in [6.45, 7) is 9.18. The number of ether oxygens (including phenoxy) is 1. The van der Waals surface area contributed by atoms with Gasteiger partial charge in [-0.15, -0.1) is 0 Å². The topological polar surface area (TPSA) is 54.8 Å². The molecule has 0 saturated carbocycles. The molecule has 0 spiro atoms. The van der Waals surface area contributed by atoms with E-state index in [2.05, 4.69) is 54.8 Å². The maximum absolute atomic E-state index is 13.2. The molecule has 188 valence electrons. The predicted octanol–water partition coefficient (Wildman–Crippen LogP) is 5.17. The minimum Gasteiger partial charge on any atom is -0.488 e. The first-order chi connectivity index (χ1) is 17.4. The maximum Gasteiger partial charge on any atom is 0.223 e. The van der Waals surface area contributed by atoms with Gasteiger partial charge in [0.05, 0.1) is 5.69 Å². The molecule has 0 unspecified atom stereocenters. The lowest BCUT2D eigenvalue weighted by Crippen LogP contribution is -2.36. The molecule has 1 fully saturated rings. The molecule has 6 nitrogen and oxygen atoms in total. The minimum atomic E-state index is 0.0821. The molecular weight excluding hydrogens is 450 g/mol. The largest absolute Gasteiger partial charge is 0.488 e. The van der Waals surface area contributed by atoms with Gasteiger partial charge in [-0.2, -0.15) is 0 Å². The number of benzene rings is 2. The molecule has 0 atom stereocenters. The first kappa shape index (κ1) is 24.2. The number of amides is 2. The zero-order valence-electron chi connectivity index (χ0n) is 21.5. The molecule has 3 heterocycles. The Hall–Kier alpha value is -3.54. The molecule has 2 aliphatic rings. The van der Waals surface area contributed by atoms with Crippen LogP contribution in [0.4, 0.5) is 0 Å². The lowest BCUT2D eigenvalue weighted by atomic mass is 10.0. The van der Waals surface area contributed by atoms with Crippen LogP contribution in [0.15, 0.2) is 54.6 Å². The number of hydrogen-bond donors (Lipinski definition) is 0. The van der Waals surface area contributed by atoms with E-state index >= 15 is 0 Å². The Labute approximate surface area is 213 Å². The number of carbonyl (C=O) groups excluding carboxylic acids is 2. The van der Waals surface area contributed by atoms with Crippen molar-refractivity contribution in [2.75, 3.05) is 26.2 Å². The Bertz CT molecular complexity index is 1260. The van der Waals surface area contributed by atoms with E-state index in [4.69, 9.17) is 4.74 Å². The third-order valence-electron chi connectivity index (χ3n) is 7.39. The summed E-state index contributed by atoms with van der Waals surface area (Å²) in [7, 11) is 0. The second-order valence-corrected chi connectivity index (χ2v) is 10.1. The number of aromatic nitrogens is 1. The van der Waals surface area contributed by atoms with E-state index in [1.54, 1.807) is 6.92 Å². The Kier molecular flexibility index (Phi) is 6.86. The van der Waals surface area contributed by atoms with E-state index in [0.717, 1.165) is 46.9 Å². The Morgan fingerprint density at radius 1 is 0.944 bits per heavy atom. The molecule has 1 aromatic heterocycles. The van der Waals surface area contributed by atoms with Gasteiger partial charge in [0, 0.05) is 62.0 Å². The van der Waals surface area contributed by atoms with E-state index in [0.29, 0.717) is 45.0 Å². The van der Waals surface area contributed by atoms with Crippen LogP contribution in [0.1, 0.15) is 56.4 Å². The molecule has 5 rings (SSSR count). The third-order valence-corrected chi connectivity index (χ3v) is 7.39. The van der Waals surface area contributed by atoms with Gasteiger partial charge in [-0.25, -0.2) is 0 Å². The standard InChI is InChI=1S/C30H35N3O3/c1-21(2)23-9-11-25(12-10-23)33-26(19-24-20-36-28-8-5-4-7-27(28)30(24)33)13-14-29(35)32-16-6-15-31(17-18-32)22(3)34/h4-5,7-12,19,21H,6,13-18,20H2,1-3H3. The average Bonchev–Trinajstić information content (AvgIpc) is 3.07. The smallest absolute Gasteiger partial charge is 0.223 e. The quantitative estimate of drug-likeness (QED) is 0.501. The molecule has 1 saturated heterocycles. The van der Waals surface area contributed by atoms with Gasteiger partial charge >= 0.3 is 0 Å². The van der Waals surface area contributed by atoms with Crippen LogP contribution < -0.4 is 4.74 Å². The SMILES string of the molecule is CC(=O)N1CCCN(C(=O)CCc2cc3c(n2-c2ccc(C(C)C)cc2)-c2ccccc2OC3)CC1. The summed E-state index contributed by atoms with van der Waals surface area (Å²) in [5.74, 6) is 1.60. The van der Waals surface area contributed by atoms with Gasteiger partial charge in [0.1, 0.15) is 12.4 Å². The van der Waals surface area contributed by atoms with E-state index in [1.807, 2.05) is 28.0 Å². The van der Waals surface area contributed by atoms with Crippen molar-refractivity contribution in [3.05, 3.63) is 71.4 Å². The summed E-state index contributed by atoms with van der Waals surface area (Å²) in [6.07, 6.45) is 1.91. The Morgan fingerprint density at radius 2 is 1.67 bits per heavy atom. The summed E-state index contributed by atoms with van der Waals surface area (Å²) >= 11 is 0. The highest BCUT2D eigenvalue weighted by Gasteiger charge is 2.26. The van der Waals surface area contributed by atoms with Gasteiger partial charge in [-0.3, -0.25) is 9.59 Å². The molecular formula is C30H35N3O3. The van der Waals surface area contributed by atoms with E-state index in [1.165, 1.54) is 5.56 Å². The second kappa shape index (κ2) is 10.2. The highest BCUT2D eigenvalue weighted by molar-refractivity contribution is 5.78. The lowest BCUT2D eigenvalue weighted by Gasteiger charge is -2.22. The van der Waals surface area contributed by atoms with E-state index < -0.39 is 0 Å². The molecule has 0 N–H and O–H groups in total. The highest BCUT2D eigenvalue weighted by atomic mass is 16.5. The molecule has 6 heteroatoms. The van der Waals surface area contributed by atoms with Crippen molar-refractivity contribution in [2.45, 2.75) is 52.6 Å². The fraction of sp³-hybridized carbons (Fsp3) is 0.400. The molecule has 0 radical (unpaired) electrons. The molecule has 2 aromatic carbocycles. The van der Waals surface area contributed by atoms with Crippen LogP contribution in [0.5, 0.6) is 5.75 Å². The fourth-order valence-corrected chi connectivity index (χ4v) is 5.33. The third kappa shape index (κ3) is 4.77. The summed E-state index contributed by atoms with van der Waals surface area (Å²) in [5, 5.41) is 0. The molecule has 3 aromatic rings. The highest BCUT2D eigenvalue weighted by Crippen LogP contribution is 2.41. The van der Waals surface area contributed by atoms with Crippen molar-refractivity contribution in [2.24, 2.45) is 0 Å². The monoisotopic (exact) mass is 485 g/mol. The number of carbonyl (C=O) groups is 2. The van der Waals surface area contributed by atoms with E-state index in [9.17, 15) is 9.59 Å². The number of hydrogen-bond acceptors (Lipinski definition) is 3. The average molecular weight is 486 g/mol. The number of nitrogens with zero attached hydrogens (tertiary/aromatic N) is 3. The van der Waals surface area contributed by atoms with Crippen molar-refractivity contribution in [1.29, 1.82) is 0 Å². The maximum atomic E-state index is 13.2. The van der Waals surface area contributed by atoms with Gasteiger partial charge in [0.15, 0.2) is 0 Å². The van der Waals surface area contributed by atoms with Crippen molar-refractivity contribution in [1.82, 2.24) is 14.4 Å². The van der Waals surface area contributed by atoms with E-state index in [-0.39, 0.29) is 11.8 Å². The predicted molar refractivity (Wildman–Crippen MR) is 141 cm³/mol. The molecule has 2 aliphatic heterocycles. The molecule has 0 aliphatic carbocycles. The van der Waals surface area contributed by atoms with Gasteiger partial charge < -0.3 is 19.1 Å². The van der Waals surface area contributed by atoms with Gasteiger partial charge in [0.25, 0.3) is 0 Å². The Balaban J connectivity index is 1.43. The molecule has 2 amide bonds. The van der Waals surface area contributed by atoms with Crippen LogP contribution in [0, 0.1) is 0 Å². The molecule has 36 heavy (non-hydrogen) atoms. The first-order valence-corrected chi connectivity index (χ1v) is 13.0. The van der Waals surface area contributed by atoms with Gasteiger partial charge in [-0.1, -0.05) is 38.1 Å².